The predicted molar refractivity (Wildman–Crippen MR) is 63.7 cm³/mol. The molecular weight excluding hydrogens is 232 g/mol. The van der Waals surface area contributed by atoms with E-state index >= 15 is 0 Å². The Morgan fingerprint density at radius 1 is 1.60 bits per heavy atom. The number of pyridine rings is 1. The fraction of sp³-hybridized carbons (Fsp3) is 0.400. The van der Waals surface area contributed by atoms with Crippen LogP contribution in [0.2, 0.25) is 5.15 Å². The molecule has 1 saturated heterocycles. The molecule has 2 rings (SSSR count). The first-order valence-corrected chi connectivity index (χ1v) is 5.59. The monoisotopic (exact) mass is 242 g/mol. The van der Waals surface area contributed by atoms with Crippen LogP contribution < -0.4 is 4.90 Å². The molecule has 2 heterocycles. The van der Waals surface area contributed by atoms with E-state index in [2.05, 4.69) is 17.6 Å². The smallest absolute Gasteiger partial charge is 0.228 e. The SMILES string of the molecule is Cc1nc(Cl)ccc1N1CC(S)CC1=O. The van der Waals surface area contributed by atoms with Crippen LogP contribution in [0.5, 0.6) is 0 Å². The van der Waals surface area contributed by atoms with Crippen LogP contribution in [0.4, 0.5) is 5.69 Å². The number of nitrogens with zero attached hydrogens (tertiary/aromatic N) is 2. The van der Waals surface area contributed by atoms with E-state index in [1.165, 1.54) is 0 Å². The lowest BCUT2D eigenvalue weighted by Gasteiger charge is -2.17. The molecule has 1 fully saturated rings. The number of carbonyl (C=O) groups is 1. The molecule has 0 aliphatic carbocycles. The number of aryl methyl sites for hydroxylation is 1. The van der Waals surface area contributed by atoms with Crippen molar-refractivity contribution in [2.45, 2.75) is 18.6 Å². The lowest BCUT2D eigenvalue weighted by Crippen LogP contribution is -2.25. The van der Waals surface area contributed by atoms with Crippen LogP contribution in [0.3, 0.4) is 0 Å². The van der Waals surface area contributed by atoms with Crippen LogP contribution in [0, 0.1) is 6.92 Å². The van der Waals surface area contributed by atoms with E-state index < -0.39 is 0 Å². The maximum absolute atomic E-state index is 11.6. The summed E-state index contributed by atoms with van der Waals surface area (Å²) >= 11 is 10.1. The Balaban J connectivity index is 2.34. The molecule has 1 aromatic rings. The zero-order valence-electron chi connectivity index (χ0n) is 8.27. The van der Waals surface area contributed by atoms with E-state index in [0.717, 1.165) is 11.4 Å². The number of anilines is 1. The molecule has 15 heavy (non-hydrogen) atoms. The second-order valence-electron chi connectivity index (χ2n) is 3.60. The largest absolute Gasteiger partial charge is 0.309 e. The first-order valence-electron chi connectivity index (χ1n) is 4.69. The summed E-state index contributed by atoms with van der Waals surface area (Å²) in [5, 5.41) is 0.567. The normalized spacial score (nSPS) is 21.1. The first kappa shape index (κ1) is 10.8. The van der Waals surface area contributed by atoms with Crippen LogP contribution in [0.15, 0.2) is 12.1 Å². The van der Waals surface area contributed by atoms with Crippen molar-refractivity contribution in [3.05, 3.63) is 23.0 Å². The molecule has 1 aromatic heterocycles. The molecule has 0 bridgehead atoms. The number of hydrogen-bond donors (Lipinski definition) is 1. The summed E-state index contributed by atoms with van der Waals surface area (Å²) in [6, 6.07) is 3.53. The molecule has 0 saturated carbocycles. The van der Waals surface area contributed by atoms with Crippen LogP contribution >= 0.6 is 24.2 Å². The minimum absolute atomic E-state index is 0.0993. The predicted octanol–water partition coefficient (Wildman–Crippen LogP) is 2.08. The molecule has 3 nitrogen and oxygen atoms in total. The van der Waals surface area contributed by atoms with E-state index in [1.54, 1.807) is 11.0 Å². The van der Waals surface area contributed by atoms with Crippen LogP contribution in [-0.4, -0.2) is 22.7 Å². The molecule has 0 aromatic carbocycles. The lowest BCUT2D eigenvalue weighted by molar-refractivity contribution is -0.117. The number of amides is 1. The number of carbonyl (C=O) groups excluding carboxylic acids is 1. The Labute approximate surface area is 98.8 Å². The fourth-order valence-corrected chi connectivity index (χ4v) is 2.24. The summed E-state index contributed by atoms with van der Waals surface area (Å²) in [5.41, 5.74) is 1.61. The number of thiol groups is 1. The highest BCUT2D eigenvalue weighted by molar-refractivity contribution is 7.81. The van der Waals surface area contributed by atoms with E-state index in [-0.39, 0.29) is 11.2 Å². The van der Waals surface area contributed by atoms with E-state index in [0.29, 0.717) is 18.1 Å². The second kappa shape index (κ2) is 4.02. The third-order valence-electron chi connectivity index (χ3n) is 2.42. The molecule has 1 unspecified atom stereocenters. The van der Waals surface area contributed by atoms with Crippen molar-refractivity contribution in [1.29, 1.82) is 0 Å². The maximum atomic E-state index is 11.6. The second-order valence-corrected chi connectivity index (χ2v) is 4.72. The molecule has 0 N–H and O–H groups in total. The van der Waals surface area contributed by atoms with E-state index in [4.69, 9.17) is 11.6 Å². The highest BCUT2D eigenvalue weighted by Crippen LogP contribution is 2.26. The minimum Gasteiger partial charge on any atom is -0.309 e. The summed E-state index contributed by atoms with van der Waals surface area (Å²) in [7, 11) is 0. The Morgan fingerprint density at radius 3 is 2.87 bits per heavy atom. The fourth-order valence-electron chi connectivity index (χ4n) is 1.73. The topological polar surface area (TPSA) is 33.2 Å². The van der Waals surface area contributed by atoms with Gasteiger partial charge in [0, 0.05) is 18.2 Å². The zero-order valence-corrected chi connectivity index (χ0v) is 9.92. The molecule has 5 heteroatoms. The summed E-state index contributed by atoms with van der Waals surface area (Å²) in [6.45, 7) is 2.49. The van der Waals surface area contributed by atoms with Gasteiger partial charge in [0.25, 0.3) is 0 Å². The van der Waals surface area contributed by atoms with Gasteiger partial charge in [-0.1, -0.05) is 11.6 Å². The van der Waals surface area contributed by atoms with Gasteiger partial charge in [0.2, 0.25) is 5.91 Å². The van der Waals surface area contributed by atoms with Crippen LogP contribution in [0.1, 0.15) is 12.1 Å². The zero-order chi connectivity index (χ0) is 11.0. The molecule has 0 radical (unpaired) electrons. The van der Waals surface area contributed by atoms with Gasteiger partial charge in [-0.15, -0.1) is 0 Å². The number of aromatic nitrogens is 1. The molecule has 1 atom stereocenters. The van der Waals surface area contributed by atoms with E-state index in [1.807, 2.05) is 13.0 Å². The average Bonchev–Trinajstić information content (AvgIpc) is 2.45. The molecule has 80 valence electrons. The first-order chi connectivity index (χ1) is 7.08. The summed E-state index contributed by atoms with van der Waals surface area (Å²) in [4.78, 5) is 17.5. The van der Waals surface area contributed by atoms with Gasteiger partial charge in [-0.3, -0.25) is 4.79 Å². The standard InChI is InChI=1S/C10H11ClN2OS/c1-6-8(2-3-9(11)12-6)13-5-7(15)4-10(13)14/h2-3,7,15H,4-5H2,1H3. The van der Waals surface area contributed by atoms with Gasteiger partial charge in [0.05, 0.1) is 11.4 Å². The van der Waals surface area contributed by atoms with Gasteiger partial charge in [0.1, 0.15) is 5.15 Å². The molecule has 1 aliphatic rings. The summed E-state index contributed by atoms with van der Waals surface area (Å²) in [6.07, 6.45) is 0.491. The number of rotatable bonds is 1. The van der Waals surface area contributed by atoms with Gasteiger partial charge in [-0.2, -0.15) is 12.6 Å². The van der Waals surface area contributed by atoms with Gasteiger partial charge in [-0.25, -0.2) is 4.98 Å². The maximum Gasteiger partial charge on any atom is 0.228 e. The van der Waals surface area contributed by atoms with Crippen molar-refractivity contribution in [2.75, 3.05) is 11.4 Å². The van der Waals surface area contributed by atoms with Gasteiger partial charge >= 0.3 is 0 Å². The highest BCUT2D eigenvalue weighted by atomic mass is 35.5. The van der Waals surface area contributed by atoms with Crippen molar-refractivity contribution in [1.82, 2.24) is 4.98 Å². The lowest BCUT2D eigenvalue weighted by atomic mass is 10.3. The quantitative estimate of drug-likeness (QED) is 0.604. The minimum atomic E-state index is 0.0993. The highest BCUT2D eigenvalue weighted by Gasteiger charge is 2.29. The van der Waals surface area contributed by atoms with Crippen LogP contribution in [-0.2, 0) is 4.79 Å². The third-order valence-corrected chi connectivity index (χ3v) is 2.98. The average molecular weight is 243 g/mol. The molecule has 0 spiro atoms. The Kier molecular flexibility index (Phi) is 2.89. The number of hydrogen-bond acceptors (Lipinski definition) is 3. The van der Waals surface area contributed by atoms with Gasteiger partial charge in [-0.05, 0) is 19.1 Å². The molecule has 1 amide bonds. The Hall–Kier alpha value is -0.740. The van der Waals surface area contributed by atoms with Crippen molar-refractivity contribution in [3.8, 4) is 0 Å². The van der Waals surface area contributed by atoms with Crippen molar-refractivity contribution in [3.63, 3.8) is 0 Å². The summed E-state index contributed by atoms with van der Waals surface area (Å²) in [5.74, 6) is 0.0993. The van der Waals surface area contributed by atoms with Crippen molar-refractivity contribution >= 4 is 35.8 Å². The Bertz CT molecular complexity index is 410. The summed E-state index contributed by atoms with van der Waals surface area (Å²) < 4.78 is 0. The van der Waals surface area contributed by atoms with Crippen LogP contribution in [0.25, 0.3) is 0 Å². The third kappa shape index (κ3) is 2.11. The Morgan fingerprint density at radius 2 is 2.33 bits per heavy atom. The van der Waals surface area contributed by atoms with Crippen molar-refractivity contribution in [2.24, 2.45) is 0 Å². The van der Waals surface area contributed by atoms with E-state index in [9.17, 15) is 4.79 Å². The number of halogens is 1. The molecule has 1 aliphatic heterocycles. The van der Waals surface area contributed by atoms with Gasteiger partial charge < -0.3 is 4.90 Å². The molecular formula is C10H11ClN2OS. The van der Waals surface area contributed by atoms with Crippen molar-refractivity contribution < 1.29 is 4.79 Å². The van der Waals surface area contributed by atoms with Gasteiger partial charge in [0.15, 0.2) is 0 Å².